The number of benzene rings is 2. The predicted molar refractivity (Wildman–Crippen MR) is 117 cm³/mol. The van der Waals surface area contributed by atoms with Crippen LogP contribution in [0, 0.1) is 6.92 Å². The molecular formula is C25H22FN3O2. The van der Waals surface area contributed by atoms with E-state index in [0.29, 0.717) is 17.9 Å². The summed E-state index contributed by atoms with van der Waals surface area (Å²) in [5.41, 5.74) is 4.98. The van der Waals surface area contributed by atoms with E-state index in [1.807, 2.05) is 55.5 Å². The molecule has 3 aromatic rings. The number of para-hydroxylation sites is 1. The van der Waals surface area contributed by atoms with Gasteiger partial charge in [0.25, 0.3) is 5.91 Å². The third-order valence-corrected chi connectivity index (χ3v) is 5.95. The van der Waals surface area contributed by atoms with Gasteiger partial charge in [-0.15, -0.1) is 0 Å². The average Bonchev–Trinajstić information content (AvgIpc) is 3.34. The van der Waals surface area contributed by atoms with Gasteiger partial charge in [0.15, 0.2) is 0 Å². The second-order valence-corrected chi connectivity index (χ2v) is 7.83. The van der Waals surface area contributed by atoms with E-state index in [1.54, 1.807) is 18.1 Å². The zero-order chi connectivity index (χ0) is 21.5. The van der Waals surface area contributed by atoms with Crippen molar-refractivity contribution in [2.75, 3.05) is 7.11 Å². The molecule has 1 N–H and O–H groups in total. The third-order valence-electron chi connectivity index (χ3n) is 5.95. The van der Waals surface area contributed by atoms with Crippen LogP contribution in [0.15, 0.2) is 72.6 Å². The quantitative estimate of drug-likeness (QED) is 0.643. The Morgan fingerprint density at radius 1 is 1.16 bits per heavy atom. The number of methoxy groups -OCH3 is 1. The van der Waals surface area contributed by atoms with Crippen LogP contribution in [0.1, 0.15) is 39.6 Å². The van der Waals surface area contributed by atoms with Crippen LogP contribution in [0.5, 0.6) is 5.75 Å². The molecule has 1 aliphatic carbocycles. The van der Waals surface area contributed by atoms with Crippen molar-refractivity contribution in [1.82, 2.24) is 15.1 Å². The molecule has 1 aromatic heterocycles. The number of allylic oxidation sites excluding steroid dienone is 2. The number of nitrogens with one attached hydrogen (secondary N) is 1. The number of carbonyl (C=O) groups is 1. The highest BCUT2D eigenvalue weighted by atomic mass is 19.1. The second-order valence-electron chi connectivity index (χ2n) is 7.83. The molecule has 2 aliphatic rings. The fourth-order valence-electron chi connectivity index (χ4n) is 4.43. The molecule has 1 amide bonds. The van der Waals surface area contributed by atoms with Crippen LogP contribution in [0.2, 0.25) is 0 Å². The van der Waals surface area contributed by atoms with Crippen LogP contribution in [-0.2, 0) is 0 Å². The first-order chi connectivity index (χ1) is 15.1. The summed E-state index contributed by atoms with van der Waals surface area (Å²) in [6.45, 7) is 2.03. The maximum atomic E-state index is 13.6. The average molecular weight is 415 g/mol. The Morgan fingerprint density at radius 2 is 1.94 bits per heavy atom. The number of ether oxygens (including phenoxy) is 1. The molecule has 0 spiro atoms. The van der Waals surface area contributed by atoms with E-state index in [0.717, 1.165) is 27.9 Å². The summed E-state index contributed by atoms with van der Waals surface area (Å²) < 4.78 is 19.3. The number of rotatable bonds is 4. The maximum Gasteiger partial charge on any atom is 0.273 e. The summed E-state index contributed by atoms with van der Waals surface area (Å²) in [6, 6.07) is 15.1. The van der Waals surface area contributed by atoms with Crippen molar-refractivity contribution in [3.8, 4) is 17.0 Å². The van der Waals surface area contributed by atoms with E-state index in [1.165, 1.54) is 12.2 Å². The maximum absolute atomic E-state index is 13.6. The number of halogens is 1. The first-order valence-corrected chi connectivity index (χ1v) is 10.2. The lowest BCUT2D eigenvalue weighted by molar-refractivity contribution is 0.0694. The van der Waals surface area contributed by atoms with Gasteiger partial charge in [-0.3, -0.25) is 9.89 Å². The number of aromatic amines is 1. The number of aryl methyl sites for hydroxylation is 1. The summed E-state index contributed by atoms with van der Waals surface area (Å²) >= 11 is 0. The lowest BCUT2D eigenvalue weighted by Gasteiger charge is -2.33. The molecule has 0 radical (unpaired) electrons. The van der Waals surface area contributed by atoms with Crippen LogP contribution in [0.3, 0.4) is 0 Å². The minimum absolute atomic E-state index is 0.151. The van der Waals surface area contributed by atoms with E-state index in [9.17, 15) is 9.18 Å². The number of amides is 1. The van der Waals surface area contributed by atoms with E-state index in [4.69, 9.17) is 4.74 Å². The molecule has 0 saturated heterocycles. The minimum atomic E-state index is -0.405. The molecule has 0 bridgehead atoms. The molecule has 1 aliphatic heterocycles. The van der Waals surface area contributed by atoms with Gasteiger partial charge in [0.1, 0.15) is 17.3 Å². The monoisotopic (exact) mass is 415 g/mol. The van der Waals surface area contributed by atoms with Gasteiger partial charge in [-0.2, -0.15) is 5.10 Å². The topological polar surface area (TPSA) is 58.2 Å². The minimum Gasteiger partial charge on any atom is -0.496 e. The Labute approximate surface area is 179 Å². The van der Waals surface area contributed by atoms with Crippen molar-refractivity contribution >= 4 is 5.91 Å². The normalized spacial score (nSPS) is 20.0. The fraction of sp³-hybridized carbons (Fsp3) is 0.200. The van der Waals surface area contributed by atoms with E-state index < -0.39 is 6.04 Å². The number of H-pyrrole nitrogens is 1. The van der Waals surface area contributed by atoms with Gasteiger partial charge >= 0.3 is 0 Å². The lowest BCUT2D eigenvalue weighted by atomic mass is 9.93. The van der Waals surface area contributed by atoms with Crippen molar-refractivity contribution in [3.63, 3.8) is 0 Å². The largest absolute Gasteiger partial charge is 0.496 e. The van der Waals surface area contributed by atoms with Gasteiger partial charge in [-0.25, -0.2) is 4.39 Å². The highest BCUT2D eigenvalue weighted by Crippen LogP contribution is 2.47. The van der Waals surface area contributed by atoms with Crippen LogP contribution in [-0.4, -0.2) is 34.2 Å². The van der Waals surface area contributed by atoms with Crippen LogP contribution >= 0.6 is 0 Å². The standard InChI is InChI=1S/C25H22FN3O2/c1-15-7-9-16(10-8-15)22-21-23(28-27-22)25(30)29(18-13-11-17(26)12-14-18)24(21)19-5-3-4-6-20(19)31-2/h3-13,18,24H,14H2,1-2H3,(H,27,28)/t18-,24-/m1/s1. The smallest absolute Gasteiger partial charge is 0.273 e. The summed E-state index contributed by atoms with van der Waals surface area (Å²) in [7, 11) is 1.62. The molecule has 0 unspecified atom stereocenters. The first-order valence-electron chi connectivity index (χ1n) is 10.2. The van der Waals surface area contributed by atoms with Gasteiger partial charge in [-0.1, -0.05) is 54.1 Å². The van der Waals surface area contributed by atoms with Crippen LogP contribution < -0.4 is 4.74 Å². The van der Waals surface area contributed by atoms with Gasteiger partial charge < -0.3 is 9.64 Å². The number of aromatic nitrogens is 2. The molecule has 0 saturated carbocycles. The van der Waals surface area contributed by atoms with Crippen LogP contribution in [0.4, 0.5) is 4.39 Å². The van der Waals surface area contributed by atoms with E-state index >= 15 is 0 Å². The molecule has 6 heteroatoms. The van der Waals surface area contributed by atoms with Crippen molar-refractivity contribution in [1.29, 1.82) is 0 Å². The Bertz CT molecular complexity index is 1210. The molecule has 156 valence electrons. The summed E-state index contributed by atoms with van der Waals surface area (Å²) in [5.74, 6) is 0.259. The summed E-state index contributed by atoms with van der Waals surface area (Å²) in [6.07, 6.45) is 5.10. The number of carbonyl (C=O) groups excluding carboxylic acids is 1. The summed E-state index contributed by atoms with van der Waals surface area (Å²) in [5, 5.41) is 7.48. The van der Waals surface area contributed by atoms with Crippen molar-refractivity contribution in [3.05, 3.63) is 95.0 Å². The fourth-order valence-corrected chi connectivity index (χ4v) is 4.43. The molecule has 5 rings (SSSR count). The number of nitrogens with zero attached hydrogens (tertiary/aromatic N) is 2. The SMILES string of the molecule is COc1ccccc1[C@@H]1c2c(-c3ccc(C)cc3)n[nH]c2C(=O)N1[C@@H]1C=CC(F)=CC1. The van der Waals surface area contributed by atoms with Gasteiger partial charge in [0.05, 0.1) is 24.9 Å². The molecule has 5 nitrogen and oxygen atoms in total. The second kappa shape index (κ2) is 7.54. The van der Waals surface area contributed by atoms with E-state index in [2.05, 4.69) is 10.2 Å². The molecule has 0 fully saturated rings. The highest BCUT2D eigenvalue weighted by Gasteiger charge is 2.45. The van der Waals surface area contributed by atoms with Crippen molar-refractivity contribution in [2.45, 2.75) is 25.4 Å². The molecular weight excluding hydrogens is 393 g/mol. The number of hydrogen-bond donors (Lipinski definition) is 1. The number of fused-ring (bicyclic) bond motifs is 1. The lowest BCUT2D eigenvalue weighted by Crippen LogP contribution is -2.38. The Kier molecular flexibility index (Phi) is 4.70. The molecule has 2 aromatic carbocycles. The molecule has 2 atom stereocenters. The Morgan fingerprint density at radius 3 is 2.65 bits per heavy atom. The van der Waals surface area contributed by atoms with Gasteiger partial charge in [-0.05, 0) is 31.6 Å². The van der Waals surface area contributed by atoms with Crippen molar-refractivity contribution in [2.24, 2.45) is 0 Å². The molecule has 2 heterocycles. The van der Waals surface area contributed by atoms with Crippen molar-refractivity contribution < 1.29 is 13.9 Å². The van der Waals surface area contributed by atoms with Crippen LogP contribution in [0.25, 0.3) is 11.3 Å². The number of hydrogen-bond acceptors (Lipinski definition) is 3. The zero-order valence-electron chi connectivity index (χ0n) is 17.3. The van der Waals surface area contributed by atoms with E-state index in [-0.39, 0.29) is 17.8 Å². The Hall–Kier alpha value is -3.67. The highest BCUT2D eigenvalue weighted by molar-refractivity contribution is 6.00. The summed E-state index contributed by atoms with van der Waals surface area (Å²) in [4.78, 5) is 15.3. The van der Waals surface area contributed by atoms with Gasteiger partial charge in [0, 0.05) is 16.7 Å². The van der Waals surface area contributed by atoms with Gasteiger partial charge in [0.2, 0.25) is 0 Å². The zero-order valence-corrected chi connectivity index (χ0v) is 17.3. The Balaban J connectivity index is 1.69. The molecule has 31 heavy (non-hydrogen) atoms. The third kappa shape index (κ3) is 3.15. The predicted octanol–water partition coefficient (Wildman–Crippen LogP) is 5.12. The first kappa shape index (κ1) is 19.3.